The first-order valence-corrected chi connectivity index (χ1v) is 6.30. The van der Waals surface area contributed by atoms with E-state index in [1.165, 1.54) is 43.3 Å². The number of nitro groups is 1. The number of hydrogen-bond acceptors (Lipinski definition) is 5. The van der Waals surface area contributed by atoms with Gasteiger partial charge in [-0.3, -0.25) is 10.1 Å². The number of carbonyl (C=O) groups is 1. The zero-order chi connectivity index (χ0) is 16.1. The summed E-state index contributed by atoms with van der Waals surface area (Å²) in [5.41, 5.74) is 0.299. The molecule has 0 atom stereocenters. The number of ether oxygens (including phenoxy) is 2. The molecule has 0 saturated carbocycles. The lowest BCUT2D eigenvalue weighted by atomic mass is 10.2. The van der Waals surface area contributed by atoms with Gasteiger partial charge in [0.25, 0.3) is 5.69 Å². The van der Waals surface area contributed by atoms with Crippen LogP contribution < -0.4 is 9.47 Å². The molecule has 0 aliphatic rings. The average Bonchev–Trinajstić information content (AvgIpc) is 2.46. The summed E-state index contributed by atoms with van der Waals surface area (Å²) in [4.78, 5) is 21.8. The minimum atomic E-state index is -0.739. The van der Waals surface area contributed by atoms with Gasteiger partial charge in [-0.1, -0.05) is 12.1 Å². The molecule has 114 valence electrons. The van der Waals surface area contributed by atoms with E-state index >= 15 is 0 Å². The van der Waals surface area contributed by atoms with Gasteiger partial charge < -0.3 is 9.47 Å². The Balaban J connectivity index is 1.96. The highest BCUT2D eigenvalue weighted by molar-refractivity contribution is 5.74. The molecule has 0 spiro atoms. The summed E-state index contributed by atoms with van der Waals surface area (Å²) in [7, 11) is 0. The van der Waals surface area contributed by atoms with Crippen LogP contribution in [0.2, 0.25) is 0 Å². The summed E-state index contributed by atoms with van der Waals surface area (Å²) >= 11 is 0. The van der Waals surface area contributed by atoms with Gasteiger partial charge in [0, 0.05) is 11.6 Å². The van der Waals surface area contributed by atoms with Crippen LogP contribution in [0.4, 0.5) is 10.1 Å². The Hall–Kier alpha value is -2.96. The average molecular weight is 305 g/mol. The molecule has 2 aromatic rings. The number of carbonyl (C=O) groups excluding carboxylic acids is 1. The topological polar surface area (TPSA) is 78.7 Å². The second-order valence-electron chi connectivity index (χ2n) is 4.40. The fourth-order valence-corrected chi connectivity index (χ4v) is 1.76. The normalized spacial score (nSPS) is 10.1. The highest BCUT2D eigenvalue weighted by Crippen LogP contribution is 2.23. The number of hydrogen-bond donors (Lipinski definition) is 0. The predicted octanol–water partition coefficient (Wildman–Crippen LogP) is 3.03. The van der Waals surface area contributed by atoms with Crippen molar-refractivity contribution in [3.05, 3.63) is 64.0 Å². The molecule has 0 unspecified atom stereocenters. The zero-order valence-electron chi connectivity index (χ0n) is 11.6. The van der Waals surface area contributed by atoms with E-state index < -0.39 is 23.3 Å². The highest BCUT2D eigenvalue weighted by atomic mass is 19.1. The van der Waals surface area contributed by atoms with E-state index in [0.29, 0.717) is 5.56 Å². The van der Waals surface area contributed by atoms with Crippen molar-refractivity contribution in [1.82, 2.24) is 0 Å². The minimum Gasteiger partial charge on any atom is -0.479 e. The van der Waals surface area contributed by atoms with E-state index in [4.69, 9.17) is 9.47 Å². The molecular formula is C15H12FNO5. The van der Waals surface area contributed by atoms with Crippen LogP contribution in [-0.2, 0) is 4.79 Å². The van der Waals surface area contributed by atoms with Crippen LogP contribution in [0.3, 0.4) is 0 Å². The first kappa shape index (κ1) is 15.4. The Kier molecular flexibility index (Phi) is 4.67. The van der Waals surface area contributed by atoms with Crippen LogP contribution in [0.15, 0.2) is 42.5 Å². The van der Waals surface area contributed by atoms with Crippen molar-refractivity contribution in [2.45, 2.75) is 6.92 Å². The number of nitro benzene ring substituents is 1. The van der Waals surface area contributed by atoms with Gasteiger partial charge in [-0.15, -0.1) is 0 Å². The quantitative estimate of drug-likeness (QED) is 0.367. The van der Waals surface area contributed by atoms with E-state index in [9.17, 15) is 19.3 Å². The van der Waals surface area contributed by atoms with E-state index in [1.807, 2.05) is 0 Å². The fraction of sp³-hybridized carbons (Fsp3) is 0.133. The molecule has 0 aliphatic carbocycles. The molecule has 7 heteroatoms. The molecule has 0 saturated heterocycles. The Morgan fingerprint density at radius 1 is 1.27 bits per heavy atom. The van der Waals surface area contributed by atoms with Gasteiger partial charge in [0.15, 0.2) is 18.2 Å². The van der Waals surface area contributed by atoms with Crippen LogP contribution in [-0.4, -0.2) is 17.5 Å². The number of para-hydroxylation sites is 1. The van der Waals surface area contributed by atoms with Crippen LogP contribution >= 0.6 is 0 Å². The lowest BCUT2D eigenvalue weighted by Crippen LogP contribution is -2.18. The van der Waals surface area contributed by atoms with Crippen LogP contribution in [0.5, 0.6) is 11.5 Å². The number of rotatable bonds is 5. The summed E-state index contributed by atoms with van der Waals surface area (Å²) in [6.07, 6.45) is 0. The molecule has 0 N–H and O–H groups in total. The van der Waals surface area contributed by atoms with E-state index in [1.54, 1.807) is 6.07 Å². The first-order chi connectivity index (χ1) is 10.5. The third-order valence-corrected chi connectivity index (χ3v) is 2.78. The SMILES string of the molecule is Cc1cc(OC(=O)COc2ccccc2F)ccc1[N+](=O)[O-]. The fourth-order valence-electron chi connectivity index (χ4n) is 1.76. The Bertz CT molecular complexity index is 717. The monoisotopic (exact) mass is 305 g/mol. The second-order valence-corrected chi connectivity index (χ2v) is 4.40. The van der Waals surface area contributed by atoms with Crippen molar-refractivity contribution >= 4 is 11.7 Å². The van der Waals surface area contributed by atoms with Gasteiger partial charge in [0.2, 0.25) is 0 Å². The van der Waals surface area contributed by atoms with Crippen LogP contribution in [0.25, 0.3) is 0 Å². The standard InChI is InChI=1S/C15H12FNO5/c1-10-8-11(6-7-13(10)17(19)20)22-15(18)9-21-14-5-3-2-4-12(14)16/h2-8H,9H2,1H3. The molecule has 0 fully saturated rings. The number of benzene rings is 2. The van der Waals surface area contributed by atoms with E-state index in [0.717, 1.165) is 0 Å². The Labute approximate surface area is 125 Å². The van der Waals surface area contributed by atoms with Crippen molar-refractivity contribution < 1.29 is 23.6 Å². The minimum absolute atomic E-state index is 0.0562. The van der Waals surface area contributed by atoms with Crippen molar-refractivity contribution in [1.29, 1.82) is 0 Å². The maximum Gasteiger partial charge on any atom is 0.349 e. The van der Waals surface area contributed by atoms with Gasteiger partial charge in [0.05, 0.1) is 4.92 Å². The number of nitrogens with zero attached hydrogens (tertiary/aromatic N) is 1. The van der Waals surface area contributed by atoms with E-state index in [-0.39, 0.29) is 17.2 Å². The molecule has 6 nitrogen and oxygen atoms in total. The molecular weight excluding hydrogens is 293 g/mol. The summed E-state index contributed by atoms with van der Waals surface area (Å²) in [6.45, 7) is 1.06. The maximum absolute atomic E-state index is 13.3. The third-order valence-electron chi connectivity index (χ3n) is 2.78. The summed E-state index contributed by atoms with van der Waals surface area (Å²) in [6, 6.07) is 9.60. The lowest BCUT2D eigenvalue weighted by Gasteiger charge is -2.08. The van der Waals surface area contributed by atoms with Crippen molar-refractivity contribution in [2.75, 3.05) is 6.61 Å². The third kappa shape index (κ3) is 3.78. The summed E-state index contributed by atoms with van der Waals surface area (Å²) in [5, 5.41) is 10.7. The summed E-state index contributed by atoms with van der Waals surface area (Å²) in [5.74, 6) is -1.22. The van der Waals surface area contributed by atoms with Gasteiger partial charge in [0.1, 0.15) is 5.75 Å². The van der Waals surface area contributed by atoms with Crippen molar-refractivity contribution in [2.24, 2.45) is 0 Å². The molecule has 0 aromatic heterocycles. The van der Waals surface area contributed by atoms with Gasteiger partial charge >= 0.3 is 5.97 Å². The number of halogens is 1. The molecule has 0 heterocycles. The number of esters is 1. The molecule has 0 amide bonds. The number of aryl methyl sites for hydroxylation is 1. The van der Waals surface area contributed by atoms with Gasteiger partial charge in [-0.2, -0.15) is 0 Å². The first-order valence-electron chi connectivity index (χ1n) is 6.30. The molecule has 2 rings (SSSR count). The molecule has 22 heavy (non-hydrogen) atoms. The van der Waals surface area contributed by atoms with E-state index in [2.05, 4.69) is 0 Å². The molecule has 0 aliphatic heterocycles. The lowest BCUT2D eigenvalue weighted by molar-refractivity contribution is -0.385. The molecule has 2 aromatic carbocycles. The van der Waals surface area contributed by atoms with Crippen molar-refractivity contribution in [3.8, 4) is 11.5 Å². The van der Waals surface area contributed by atoms with Gasteiger partial charge in [-0.25, -0.2) is 9.18 Å². The maximum atomic E-state index is 13.3. The zero-order valence-corrected chi connectivity index (χ0v) is 11.6. The largest absolute Gasteiger partial charge is 0.479 e. The highest BCUT2D eigenvalue weighted by Gasteiger charge is 2.13. The Morgan fingerprint density at radius 2 is 2.00 bits per heavy atom. The van der Waals surface area contributed by atoms with Crippen molar-refractivity contribution in [3.63, 3.8) is 0 Å². The summed E-state index contributed by atoms with van der Waals surface area (Å²) < 4.78 is 23.3. The Morgan fingerprint density at radius 3 is 2.64 bits per heavy atom. The van der Waals surface area contributed by atoms with Gasteiger partial charge in [-0.05, 0) is 31.2 Å². The second kappa shape index (κ2) is 6.66. The smallest absolute Gasteiger partial charge is 0.349 e. The molecule has 0 bridgehead atoms. The van der Waals surface area contributed by atoms with Crippen LogP contribution in [0, 0.1) is 22.9 Å². The van der Waals surface area contributed by atoms with Crippen LogP contribution in [0.1, 0.15) is 5.56 Å². The predicted molar refractivity (Wildman–Crippen MR) is 75.4 cm³/mol. The molecule has 0 radical (unpaired) electrons.